The van der Waals surface area contributed by atoms with Crippen LogP contribution in [0.15, 0.2) is 0 Å². The van der Waals surface area contributed by atoms with Gasteiger partial charge in [-0.15, -0.1) is 0 Å². The van der Waals surface area contributed by atoms with Crippen LogP contribution < -0.4 is 5.73 Å². The average molecular weight is 185 g/mol. The van der Waals surface area contributed by atoms with Gasteiger partial charge in [0, 0.05) is 5.54 Å². The summed E-state index contributed by atoms with van der Waals surface area (Å²) in [4.78, 5) is 0. The molecule has 0 spiro atoms. The molecule has 1 nitrogen and oxygen atoms in total. The molecule has 0 aromatic heterocycles. The maximum absolute atomic E-state index is 13.9. The number of nitrogens with two attached hydrogens (primary N) is 1. The van der Waals surface area contributed by atoms with E-state index in [0.29, 0.717) is 0 Å². The lowest BCUT2D eigenvalue weighted by molar-refractivity contribution is 0.153. The molecule has 76 valence electrons. The minimum Gasteiger partial charge on any atom is -0.325 e. The molecule has 0 aromatic rings. The van der Waals surface area contributed by atoms with Crippen LogP contribution >= 0.6 is 0 Å². The molecule has 2 fully saturated rings. The summed E-state index contributed by atoms with van der Waals surface area (Å²) in [5.41, 5.74) is 5.26. The van der Waals surface area contributed by atoms with Crippen LogP contribution in [0.5, 0.6) is 0 Å². The predicted octanol–water partition coefficient (Wildman–Crippen LogP) is 2.93. The third-order valence-electron chi connectivity index (χ3n) is 3.69. The first-order valence-corrected chi connectivity index (χ1v) is 5.60. The highest BCUT2D eigenvalue weighted by Crippen LogP contribution is 2.41. The Morgan fingerprint density at radius 1 is 1.00 bits per heavy atom. The highest BCUT2D eigenvalue weighted by Gasteiger charge is 2.39. The highest BCUT2D eigenvalue weighted by atomic mass is 19.1. The molecule has 2 N–H and O–H groups in total. The van der Waals surface area contributed by atoms with Crippen molar-refractivity contribution in [2.45, 2.75) is 69.0 Å². The van der Waals surface area contributed by atoms with E-state index in [9.17, 15) is 4.39 Å². The topological polar surface area (TPSA) is 26.0 Å². The Hall–Kier alpha value is -0.110. The van der Waals surface area contributed by atoms with Gasteiger partial charge in [0.25, 0.3) is 0 Å². The van der Waals surface area contributed by atoms with Crippen LogP contribution in [0.4, 0.5) is 4.39 Å². The zero-order chi connectivity index (χ0) is 9.36. The van der Waals surface area contributed by atoms with Crippen molar-refractivity contribution < 1.29 is 4.39 Å². The first-order chi connectivity index (χ1) is 6.12. The van der Waals surface area contributed by atoms with E-state index < -0.39 is 5.67 Å². The van der Waals surface area contributed by atoms with Gasteiger partial charge in [-0.05, 0) is 44.9 Å². The molecule has 0 amide bonds. The normalized spacial score (nSPS) is 29.1. The summed E-state index contributed by atoms with van der Waals surface area (Å²) in [6.45, 7) is 0. The van der Waals surface area contributed by atoms with E-state index in [0.717, 1.165) is 57.8 Å². The minimum atomic E-state index is -0.814. The minimum absolute atomic E-state index is 0.120. The summed E-state index contributed by atoms with van der Waals surface area (Å²) in [5, 5.41) is 0. The van der Waals surface area contributed by atoms with Crippen molar-refractivity contribution in [1.82, 2.24) is 0 Å². The Kier molecular flexibility index (Phi) is 2.35. The van der Waals surface area contributed by atoms with Crippen molar-refractivity contribution >= 4 is 0 Å². The Balaban J connectivity index is 1.66. The lowest BCUT2D eigenvalue weighted by Gasteiger charge is -2.19. The molecule has 2 aliphatic rings. The van der Waals surface area contributed by atoms with Gasteiger partial charge in [-0.25, -0.2) is 4.39 Å². The van der Waals surface area contributed by atoms with Gasteiger partial charge in [-0.1, -0.05) is 12.8 Å². The van der Waals surface area contributed by atoms with Gasteiger partial charge in [0.15, 0.2) is 0 Å². The fourth-order valence-electron chi connectivity index (χ4n) is 2.43. The quantitative estimate of drug-likeness (QED) is 0.716. The van der Waals surface area contributed by atoms with Crippen molar-refractivity contribution in [3.8, 4) is 0 Å². The molecule has 0 bridgehead atoms. The molecular weight excluding hydrogens is 165 g/mol. The molecule has 0 unspecified atom stereocenters. The Labute approximate surface area is 79.9 Å². The summed E-state index contributed by atoms with van der Waals surface area (Å²) < 4.78 is 13.9. The van der Waals surface area contributed by atoms with E-state index in [-0.39, 0.29) is 5.54 Å². The first kappa shape index (κ1) is 9.45. The number of hydrogen-bond acceptors (Lipinski definition) is 1. The molecule has 0 aromatic carbocycles. The molecule has 2 rings (SSSR count). The summed E-state index contributed by atoms with van der Waals surface area (Å²) in [6, 6.07) is 0. The highest BCUT2D eigenvalue weighted by molar-refractivity contribution is 4.98. The first-order valence-electron chi connectivity index (χ1n) is 5.60. The summed E-state index contributed by atoms with van der Waals surface area (Å²) in [6.07, 6.45) is 8.87. The fourth-order valence-corrected chi connectivity index (χ4v) is 2.43. The van der Waals surface area contributed by atoms with Crippen LogP contribution in [0.25, 0.3) is 0 Å². The SMILES string of the molecule is NC1(CCCC2(F)CCCC2)CC1. The molecule has 0 radical (unpaired) electrons. The number of halogens is 1. The third-order valence-corrected chi connectivity index (χ3v) is 3.69. The Bertz CT molecular complexity index is 181. The van der Waals surface area contributed by atoms with E-state index in [2.05, 4.69) is 0 Å². The van der Waals surface area contributed by atoms with Gasteiger partial charge in [0.2, 0.25) is 0 Å². The molecular formula is C11H20FN. The molecule has 0 heterocycles. The van der Waals surface area contributed by atoms with Crippen molar-refractivity contribution in [3.05, 3.63) is 0 Å². The van der Waals surface area contributed by atoms with Gasteiger partial charge >= 0.3 is 0 Å². The summed E-state index contributed by atoms with van der Waals surface area (Å²) in [7, 11) is 0. The van der Waals surface area contributed by atoms with Crippen LogP contribution in [-0.2, 0) is 0 Å². The van der Waals surface area contributed by atoms with Gasteiger partial charge in [-0.2, -0.15) is 0 Å². The standard InChI is InChI=1S/C11H20FN/c12-10(4-1-2-5-10)6-3-7-11(13)8-9-11/h1-9,13H2. The van der Waals surface area contributed by atoms with E-state index in [1.807, 2.05) is 0 Å². The third kappa shape index (κ3) is 2.43. The maximum atomic E-state index is 13.9. The molecule has 0 atom stereocenters. The van der Waals surface area contributed by atoms with Crippen molar-refractivity contribution in [2.24, 2.45) is 5.73 Å². The average Bonchev–Trinajstić information content (AvgIpc) is 2.62. The van der Waals surface area contributed by atoms with E-state index >= 15 is 0 Å². The smallest absolute Gasteiger partial charge is 0.111 e. The van der Waals surface area contributed by atoms with Crippen LogP contribution in [0.1, 0.15) is 57.8 Å². The zero-order valence-electron chi connectivity index (χ0n) is 8.32. The molecule has 0 saturated heterocycles. The van der Waals surface area contributed by atoms with Gasteiger partial charge in [0.1, 0.15) is 5.67 Å². The van der Waals surface area contributed by atoms with Gasteiger partial charge < -0.3 is 5.73 Å². The van der Waals surface area contributed by atoms with Gasteiger partial charge in [0.05, 0.1) is 0 Å². The monoisotopic (exact) mass is 185 g/mol. The molecule has 2 saturated carbocycles. The molecule has 2 heteroatoms. The number of rotatable bonds is 4. The van der Waals surface area contributed by atoms with Crippen LogP contribution in [0.3, 0.4) is 0 Å². The van der Waals surface area contributed by atoms with E-state index in [1.54, 1.807) is 0 Å². The van der Waals surface area contributed by atoms with Crippen molar-refractivity contribution in [1.29, 1.82) is 0 Å². The molecule has 2 aliphatic carbocycles. The zero-order valence-corrected chi connectivity index (χ0v) is 8.32. The second-order valence-corrected chi connectivity index (χ2v) is 5.07. The molecule has 0 aliphatic heterocycles. The summed E-state index contributed by atoms with van der Waals surface area (Å²) in [5.74, 6) is 0. The van der Waals surface area contributed by atoms with Crippen LogP contribution in [0, 0.1) is 0 Å². The Morgan fingerprint density at radius 3 is 2.15 bits per heavy atom. The largest absolute Gasteiger partial charge is 0.325 e. The van der Waals surface area contributed by atoms with Crippen LogP contribution in [0.2, 0.25) is 0 Å². The molecule has 13 heavy (non-hydrogen) atoms. The maximum Gasteiger partial charge on any atom is 0.111 e. The lowest BCUT2D eigenvalue weighted by atomic mass is 9.95. The van der Waals surface area contributed by atoms with Crippen molar-refractivity contribution in [2.75, 3.05) is 0 Å². The second kappa shape index (κ2) is 3.23. The second-order valence-electron chi connectivity index (χ2n) is 5.07. The fraction of sp³-hybridized carbons (Fsp3) is 1.00. The van der Waals surface area contributed by atoms with Gasteiger partial charge in [-0.3, -0.25) is 0 Å². The van der Waals surface area contributed by atoms with Crippen molar-refractivity contribution in [3.63, 3.8) is 0 Å². The van der Waals surface area contributed by atoms with E-state index in [4.69, 9.17) is 5.73 Å². The number of alkyl halides is 1. The number of hydrogen-bond donors (Lipinski definition) is 1. The van der Waals surface area contributed by atoms with Crippen LogP contribution in [-0.4, -0.2) is 11.2 Å². The van der Waals surface area contributed by atoms with E-state index in [1.165, 1.54) is 0 Å². The Morgan fingerprint density at radius 2 is 1.62 bits per heavy atom. The summed E-state index contributed by atoms with van der Waals surface area (Å²) >= 11 is 0. The lowest BCUT2D eigenvalue weighted by Crippen LogP contribution is -2.23. The predicted molar refractivity (Wildman–Crippen MR) is 52.3 cm³/mol.